The van der Waals surface area contributed by atoms with Gasteiger partial charge in [0.25, 0.3) is 5.56 Å². The van der Waals surface area contributed by atoms with Gasteiger partial charge in [-0.2, -0.15) is 23.5 Å². The molecule has 3 aromatic rings. The summed E-state index contributed by atoms with van der Waals surface area (Å²) in [6.45, 7) is 2.21. The number of aromatic nitrogens is 3. The van der Waals surface area contributed by atoms with E-state index in [1.54, 1.807) is 10.7 Å². The minimum Gasteiger partial charge on any atom is -0.338 e. The van der Waals surface area contributed by atoms with E-state index < -0.39 is 11.7 Å². The van der Waals surface area contributed by atoms with Crippen LogP contribution in [0, 0.1) is 23.2 Å². The largest absolute Gasteiger partial charge is 0.416 e. The number of hydrogen-bond donors (Lipinski definition) is 3. The molecule has 0 radical (unpaired) electrons. The molecule has 184 valence electrons. The summed E-state index contributed by atoms with van der Waals surface area (Å²) >= 11 is 0. The highest BCUT2D eigenvalue weighted by molar-refractivity contribution is 5.91. The van der Waals surface area contributed by atoms with E-state index in [0.717, 1.165) is 30.9 Å². The SMILES string of the molecule is C[C@H](N[C@H]1CC[C@@H](n2nc(Nc3ccc(C(F)(F)F)cc3)c3c(=O)[nH]ccc32)[C@H](C#N)C1)C1CC1. The normalized spacial score (nSPS) is 23.7. The zero-order chi connectivity index (χ0) is 24.7. The van der Waals surface area contributed by atoms with Gasteiger partial charge in [-0.3, -0.25) is 9.48 Å². The average Bonchev–Trinajstić information content (AvgIpc) is 3.62. The Morgan fingerprint density at radius 2 is 1.91 bits per heavy atom. The van der Waals surface area contributed by atoms with E-state index in [1.807, 2.05) is 0 Å². The van der Waals surface area contributed by atoms with Crippen LogP contribution in [-0.2, 0) is 6.18 Å². The van der Waals surface area contributed by atoms with Gasteiger partial charge in [0.15, 0.2) is 5.82 Å². The lowest BCUT2D eigenvalue weighted by Crippen LogP contribution is -2.43. The Balaban J connectivity index is 1.42. The number of nitrogens with zero attached hydrogens (tertiary/aromatic N) is 3. The molecule has 0 spiro atoms. The van der Waals surface area contributed by atoms with Gasteiger partial charge in [-0.25, -0.2) is 0 Å². The van der Waals surface area contributed by atoms with E-state index >= 15 is 0 Å². The molecule has 2 aromatic heterocycles. The maximum atomic E-state index is 12.9. The van der Waals surface area contributed by atoms with E-state index in [1.165, 1.54) is 31.2 Å². The molecule has 5 rings (SSSR count). The van der Waals surface area contributed by atoms with Gasteiger partial charge in [0.2, 0.25) is 0 Å². The molecule has 2 aliphatic carbocycles. The van der Waals surface area contributed by atoms with Crippen molar-refractivity contribution in [3.8, 4) is 6.07 Å². The van der Waals surface area contributed by atoms with Gasteiger partial charge in [0.1, 0.15) is 5.39 Å². The summed E-state index contributed by atoms with van der Waals surface area (Å²) in [5.41, 5.74) is -0.141. The fourth-order valence-corrected chi connectivity index (χ4v) is 5.16. The van der Waals surface area contributed by atoms with Crippen LogP contribution in [0.1, 0.15) is 50.6 Å². The molecule has 2 aliphatic rings. The van der Waals surface area contributed by atoms with E-state index in [-0.39, 0.29) is 29.4 Å². The van der Waals surface area contributed by atoms with Crippen LogP contribution in [0.4, 0.5) is 24.7 Å². The third-order valence-electron chi connectivity index (χ3n) is 7.23. The molecule has 0 amide bonds. The van der Waals surface area contributed by atoms with Crippen molar-refractivity contribution in [2.75, 3.05) is 5.32 Å². The summed E-state index contributed by atoms with van der Waals surface area (Å²) in [7, 11) is 0. The third kappa shape index (κ3) is 4.78. The summed E-state index contributed by atoms with van der Waals surface area (Å²) in [5.74, 6) is 0.698. The highest BCUT2D eigenvalue weighted by atomic mass is 19.4. The van der Waals surface area contributed by atoms with Crippen molar-refractivity contribution in [2.24, 2.45) is 11.8 Å². The summed E-state index contributed by atoms with van der Waals surface area (Å²) in [5, 5.41) is 21.6. The molecule has 0 unspecified atom stereocenters. The lowest BCUT2D eigenvalue weighted by Gasteiger charge is -2.35. The van der Waals surface area contributed by atoms with Crippen LogP contribution in [0.3, 0.4) is 0 Å². The smallest absolute Gasteiger partial charge is 0.338 e. The predicted octanol–water partition coefficient (Wildman–Crippen LogP) is 5.11. The highest BCUT2D eigenvalue weighted by Crippen LogP contribution is 2.39. The quantitative estimate of drug-likeness (QED) is 0.452. The monoisotopic (exact) mass is 484 g/mol. The van der Waals surface area contributed by atoms with Crippen LogP contribution in [0.15, 0.2) is 41.3 Å². The van der Waals surface area contributed by atoms with Crippen molar-refractivity contribution in [1.82, 2.24) is 20.1 Å². The third-order valence-corrected chi connectivity index (χ3v) is 7.23. The number of pyridine rings is 1. The van der Waals surface area contributed by atoms with Gasteiger partial charge in [-0.1, -0.05) is 0 Å². The lowest BCUT2D eigenvalue weighted by molar-refractivity contribution is -0.137. The predicted molar refractivity (Wildman–Crippen MR) is 126 cm³/mol. The first kappa shape index (κ1) is 23.4. The Bertz CT molecular complexity index is 1300. The number of nitrogens with one attached hydrogen (secondary N) is 3. The van der Waals surface area contributed by atoms with Crippen molar-refractivity contribution in [3.05, 3.63) is 52.4 Å². The van der Waals surface area contributed by atoms with Gasteiger partial charge in [0, 0.05) is 24.0 Å². The molecule has 35 heavy (non-hydrogen) atoms. The van der Waals surface area contributed by atoms with Crippen LogP contribution >= 0.6 is 0 Å². The van der Waals surface area contributed by atoms with Crippen molar-refractivity contribution >= 4 is 22.4 Å². The number of hydrogen-bond acceptors (Lipinski definition) is 5. The first-order chi connectivity index (χ1) is 16.7. The number of anilines is 2. The van der Waals surface area contributed by atoms with Crippen molar-refractivity contribution in [3.63, 3.8) is 0 Å². The molecular formula is C25H27F3N6O. The number of benzene rings is 1. The Hall–Kier alpha value is -3.32. The van der Waals surface area contributed by atoms with Crippen molar-refractivity contribution < 1.29 is 13.2 Å². The highest BCUT2D eigenvalue weighted by Gasteiger charge is 2.36. The molecule has 1 aromatic carbocycles. The van der Waals surface area contributed by atoms with Crippen LogP contribution in [0.25, 0.3) is 10.9 Å². The van der Waals surface area contributed by atoms with Gasteiger partial charge in [0.05, 0.1) is 29.1 Å². The standard InChI is InChI=1S/C25H27F3N6O/c1-14(15-2-3-15)31-19-8-9-20(16(12-19)13-29)34-21-10-11-30-24(35)22(21)23(33-34)32-18-6-4-17(5-7-18)25(26,27)28/h4-7,10-11,14-16,19-20,31H,2-3,8-9,12H2,1H3,(H,30,35)(H,32,33)/t14-,16-,19-,20+/m0/s1. The summed E-state index contributed by atoms with van der Waals surface area (Å²) < 4.78 is 40.5. The number of nitriles is 1. The molecule has 2 saturated carbocycles. The van der Waals surface area contributed by atoms with Crippen LogP contribution in [0.5, 0.6) is 0 Å². The number of aromatic amines is 1. The van der Waals surface area contributed by atoms with Gasteiger partial charge in [-0.15, -0.1) is 0 Å². The maximum Gasteiger partial charge on any atom is 0.416 e. The van der Waals surface area contributed by atoms with Crippen LogP contribution < -0.4 is 16.2 Å². The second-order valence-corrected chi connectivity index (χ2v) is 9.67. The number of fused-ring (bicyclic) bond motifs is 1. The van der Waals surface area contributed by atoms with Crippen LogP contribution in [0.2, 0.25) is 0 Å². The molecule has 0 bridgehead atoms. The second kappa shape index (κ2) is 9.04. The molecule has 10 heteroatoms. The summed E-state index contributed by atoms with van der Waals surface area (Å²) in [4.78, 5) is 15.3. The lowest BCUT2D eigenvalue weighted by atomic mass is 9.82. The number of rotatable bonds is 6. The van der Waals surface area contributed by atoms with Gasteiger partial charge in [-0.05, 0) is 75.3 Å². The first-order valence-electron chi connectivity index (χ1n) is 11.9. The van der Waals surface area contributed by atoms with E-state index in [2.05, 4.69) is 33.7 Å². The van der Waals surface area contributed by atoms with Crippen molar-refractivity contribution in [1.29, 1.82) is 5.26 Å². The topological polar surface area (TPSA) is 98.5 Å². The maximum absolute atomic E-state index is 12.9. The average molecular weight is 485 g/mol. The zero-order valence-electron chi connectivity index (χ0n) is 19.3. The number of halogens is 3. The Kier molecular flexibility index (Phi) is 6.05. The second-order valence-electron chi connectivity index (χ2n) is 9.67. The minimum atomic E-state index is -4.43. The Labute approximate surface area is 200 Å². The Morgan fingerprint density at radius 3 is 2.57 bits per heavy atom. The molecule has 2 fully saturated rings. The Morgan fingerprint density at radius 1 is 1.17 bits per heavy atom. The molecule has 4 atom stereocenters. The fourth-order valence-electron chi connectivity index (χ4n) is 5.16. The summed E-state index contributed by atoms with van der Waals surface area (Å²) in [6, 6.07) is 9.27. The van der Waals surface area contributed by atoms with Gasteiger partial charge >= 0.3 is 6.18 Å². The van der Waals surface area contributed by atoms with Crippen molar-refractivity contribution in [2.45, 2.75) is 63.3 Å². The molecule has 0 aliphatic heterocycles. The molecule has 2 heterocycles. The van der Waals surface area contributed by atoms with E-state index in [4.69, 9.17) is 0 Å². The van der Waals surface area contributed by atoms with Crippen LogP contribution in [-0.4, -0.2) is 26.8 Å². The molecule has 7 nitrogen and oxygen atoms in total. The molecule has 3 N–H and O–H groups in total. The molecule has 0 saturated heterocycles. The van der Waals surface area contributed by atoms with E-state index in [0.29, 0.717) is 29.1 Å². The molecular weight excluding hydrogens is 457 g/mol. The number of H-pyrrole nitrogens is 1. The first-order valence-corrected chi connectivity index (χ1v) is 11.9. The fraction of sp³-hybridized carbons (Fsp3) is 0.480. The van der Waals surface area contributed by atoms with Gasteiger partial charge < -0.3 is 15.6 Å². The summed E-state index contributed by atoms with van der Waals surface area (Å²) in [6.07, 6.45) is 1.95. The minimum absolute atomic E-state index is 0.207. The number of alkyl halides is 3. The zero-order valence-corrected chi connectivity index (χ0v) is 19.3. The van der Waals surface area contributed by atoms with E-state index in [9.17, 15) is 23.2 Å².